The van der Waals surface area contributed by atoms with Crippen molar-refractivity contribution in [2.24, 2.45) is 0 Å². The maximum Gasteiger partial charge on any atom is 0.188 e. The number of benzene rings is 1. The summed E-state index contributed by atoms with van der Waals surface area (Å²) in [6, 6.07) is 8.35. The lowest BCUT2D eigenvalue weighted by Crippen LogP contribution is -2.26. The quantitative estimate of drug-likeness (QED) is 0.587. The smallest absolute Gasteiger partial charge is 0.188 e. The Morgan fingerprint density at radius 3 is 2.69 bits per heavy atom. The molecule has 0 fully saturated rings. The van der Waals surface area contributed by atoms with E-state index in [0.29, 0.717) is 6.79 Å². The van der Waals surface area contributed by atoms with Crippen LogP contribution < -0.4 is 0 Å². The molecule has 0 heterocycles. The molecule has 86 valence electrons. The van der Waals surface area contributed by atoms with Crippen molar-refractivity contribution in [1.29, 1.82) is 0 Å². The van der Waals surface area contributed by atoms with Crippen LogP contribution in [0.3, 0.4) is 0 Å². The van der Waals surface area contributed by atoms with Gasteiger partial charge in [0.25, 0.3) is 0 Å². The van der Waals surface area contributed by atoms with Gasteiger partial charge in [-0.1, -0.05) is 24.3 Å². The van der Waals surface area contributed by atoms with Crippen molar-refractivity contribution in [3.63, 3.8) is 0 Å². The zero-order valence-electron chi connectivity index (χ0n) is 10.1. The van der Waals surface area contributed by atoms with E-state index in [1.165, 1.54) is 11.1 Å². The van der Waals surface area contributed by atoms with Gasteiger partial charge in [0.15, 0.2) is 15.1 Å². The molecule has 2 nitrogen and oxygen atoms in total. The molecule has 0 bridgehead atoms. The Hall–Kier alpha value is -1.06. The second kappa shape index (κ2) is 4.43. The second-order valence-electron chi connectivity index (χ2n) is 4.95. The van der Waals surface area contributed by atoms with Gasteiger partial charge in [0.2, 0.25) is 0 Å². The van der Waals surface area contributed by atoms with Gasteiger partial charge in [-0.2, -0.15) is 0 Å². The molecule has 16 heavy (non-hydrogen) atoms. The first-order chi connectivity index (χ1) is 7.56. The van der Waals surface area contributed by atoms with E-state index < -0.39 is 8.32 Å². The van der Waals surface area contributed by atoms with Gasteiger partial charge in [-0.3, -0.25) is 0 Å². The monoisotopic (exact) mass is 234 g/mol. The minimum Gasteiger partial charge on any atom is -0.468 e. The van der Waals surface area contributed by atoms with E-state index in [4.69, 9.17) is 9.16 Å². The van der Waals surface area contributed by atoms with E-state index in [-0.39, 0.29) is 0 Å². The van der Waals surface area contributed by atoms with Crippen molar-refractivity contribution in [3.05, 3.63) is 41.5 Å². The SMILES string of the molecule is C[Si](C)(C)OCOC1=CCc2ccccc21. The highest BCUT2D eigenvalue weighted by atomic mass is 28.4. The molecule has 0 unspecified atom stereocenters. The molecule has 1 aliphatic rings. The van der Waals surface area contributed by atoms with Crippen LogP contribution in [0.15, 0.2) is 30.3 Å². The predicted molar refractivity (Wildman–Crippen MR) is 68.5 cm³/mol. The molecular formula is C13H18O2Si. The summed E-state index contributed by atoms with van der Waals surface area (Å²) < 4.78 is 11.4. The van der Waals surface area contributed by atoms with Crippen LogP contribution in [0.4, 0.5) is 0 Å². The molecule has 0 atom stereocenters. The topological polar surface area (TPSA) is 18.5 Å². The molecule has 0 saturated heterocycles. The van der Waals surface area contributed by atoms with Gasteiger partial charge >= 0.3 is 0 Å². The van der Waals surface area contributed by atoms with Crippen molar-refractivity contribution in [2.75, 3.05) is 6.79 Å². The van der Waals surface area contributed by atoms with Crippen molar-refractivity contribution in [2.45, 2.75) is 26.1 Å². The Morgan fingerprint density at radius 1 is 1.19 bits per heavy atom. The van der Waals surface area contributed by atoms with Gasteiger partial charge in [0, 0.05) is 5.56 Å². The third-order valence-electron chi connectivity index (χ3n) is 2.50. The van der Waals surface area contributed by atoms with Gasteiger partial charge in [0.05, 0.1) is 0 Å². The first-order valence-corrected chi connectivity index (χ1v) is 9.02. The second-order valence-corrected chi connectivity index (χ2v) is 9.46. The van der Waals surface area contributed by atoms with E-state index >= 15 is 0 Å². The van der Waals surface area contributed by atoms with E-state index in [2.05, 4.69) is 43.9 Å². The number of hydrogen-bond acceptors (Lipinski definition) is 2. The summed E-state index contributed by atoms with van der Waals surface area (Å²) in [5.74, 6) is 0.967. The highest BCUT2D eigenvalue weighted by Gasteiger charge is 2.17. The van der Waals surface area contributed by atoms with E-state index in [9.17, 15) is 0 Å². The van der Waals surface area contributed by atoms with Crippen molar-refractivity contribution >= 4 is 14.1 Å². The summed E-state index contributed by atoms with van der Waals surface area (Å²) in [4.78, 5) is 0. The Bertz CT molecular complexity index is 405. The van der Waals surface area contributed by atoms with Crippen LogP contribution in [0.5, 0.6) is 0 Å². The van der Waals surface area contributed by atoms with Crippen LogP contribution in [-0.2, 0) is 15.6 Å². The summed E-state index contributed by atoms with van der Waals surface area (Å²) in [6.07, 6.45) is 3.09. The van der Waals surface area contributed by atoms with Crippen molar-refractivity contribution in [1.82, 2.24) is 0 Å². The number of hydrogen-bond donors (Lipinski definition) is 0. The Morgan fingerprint density at radius 2 is 1.94 bits per heavy atom. The summed E-state index contributed by atoms with van der Waals surface area (Å²) >= 11 is 0. The average molecular weight is 234 g/mol. The van der Waals surface area contributed by atoms with Crippen LogP contribution in [-0.4, -0.2) is 15.1 Å². The molecule has 2 rings (SSSR count). The summed E-state index contributed by atoms with van der Waals surface area (Å²) in [7, 11) is -1.47. The molecule has 0 spiro atoms. The fraction of sp³-hybridized carbons (Fsp3) is 0.385. The highest BCUT2D eigenvalue weighted by Crippen LogP contribution is 2.27. The molecule has 3 heteroatoms. The minimum atomic E-state index is -1.47. The lowest BCUT2D eigenvalue weighted by atomic mass is 10.1. The van der Waals surface area contributed by atoms with Crippen LogP contribution in [0.25, 0.3) is 5.76 Å². The number of allylic oxidation sites excluding steroid dienone is 1. The fourth-order valence-corrected chi connectivity index (χ4v) is 2.07. The standard InChI is InChI=1S/C13H18O2Si/c1-16(2,3)15-10-14-13-9-8-11-6-4-5-7-12(11)13/h4-7,9H,8,10H2,1-3H3. The fourth-order valence-electron chi connectivity index (χ4n) is 1.66. The molecule has 0 saturated carbocycles. The first kappa shape index (κ1) is 11.4. The van der Waals surface area contributed by atoms with E-state index in [0.717, 1.165) is 12.2 Å². The van der Waals surface area contributed by atoms with Crippen LogP contribution in [0.1, 0.15) is 11.1 Å². The normalized spacial score (nSPS) is 14.6. The first-order valence-electron chi connectivity index (χ1n) is 5.61. The molecule has 1 aromatic carbocycles. The third kappa shape index (κ3) is 2.74. The maximum atomic E-state index is 5.68. The summed E-state index contributed by atoms with van der Waals surface area (Å²) in [6.45, 7) is 6.85. The van der Waals surface area contributed by atoms with Crippen molar-refractivity contribution in [3.8, 4) is 0 Å². The van der Waals surface area contributed by atoms with Gasteiger partial charge in [-0.05, 0) is 37.7 Å². The average Bonchev–Trinajstić information content (AvgIpc) is 2.60. The predicted octanol–water partition coefficient (Wildman–Crippen LogP) is 3.41. The molecule has 0 aliphatic heterocycles. The molecule has 1 aliphatic carbocycles. The van der Waals surface area contributed by atoms with Crippen LogP contribution in [0, 0.1) is 0 Å². The highest BCUT2D eigenvalue weighted by molar-refractivity contribution is 6.69. The Kier molecular flexibility index (Phi) is 3.17. The van der Waals surface area contributed by atoms with E-state index in [1.54, 1.807) is 0 Å². The largest absolute Gasteiger partial charge is 0.468 e. The Balaban J connectivity index is 1.94. The van der Waals surface area contributed by atoms with Crippen LogP contribution in [0.2, 0.25) is 19.6 Å². The zero-order chi connectivity index (χ0) is 11.6. The Labute approximate surface area is 98.0 Å². The minimum absolute atomic E-state index is 0.371. The van der Waals surface area contributed by atoms with Gasteiger partial charge in [-0.15, -0.1) is 0 Å². The van der Waals surface area contributed by atoms with Crippen LogP contribution >= 0.6 is 0 Å². The summed E-state index contributed by atoms with van der Waals surface area (Å²) in [5.41, 5.74) is 2.55. The van der Waals surface area contributed by atoms with Gasteiger partial charge < -0.3 is 9.16 Å². The molecule has 0 N–H and O–H groups in total. The number of ether oxygens (including phenoxy) is 1. The molecule has 0 amide bonds. The third-order valence-corrected chi connectivity index (χ3v) is 3.48. The molecule has 0 radical (unpaired) electrons. The molecular weight excluding hydrogens is 216 g/mol. The lowest BCUT2D eigenvalue weighted by molar-refractivity contribution is 0.0897. The van der Waals surface area contributed by atoms with E-state index in [1.807, 2.05) is 6.07 Å². The van der Waals surface area contributed by atoms with Crippen molar-refractivity contribution < 1.29 is 9.16 Å². The maximum absolute atomic E-state index is 5.68. The van der Waals surface area contributed by atoms with Gasteiger partial charge in [-0.25, -0.2) is 0 Å². The molecule has 1 aromatic rings. The lowest BCUT2D eigenvalue weighted by Gasteiger charge is -2.18. The summed E-state index contributed by atoms with van der Waals surface area (Å²) in [5, 5.41) is 0. The number of fused-ring (bicyclic) bond motifs is 1. The number of rotatable bonds is 4. The zero-order valence-corrected chi connectivity index (χ0v) is 11.1. The van der Waals surface area contributed by atoms with Gasteiger partial charge in [0.1, 0.15) is 5.76 Å². The molecule has 0 aromatic heterocycles.